The summed E-state index contributed by atoms with van der Waals surface area (Å²) < 4.78 is 31.3. The van der Waals surface area contributed by atoms with Crippen LogP contribution in [0.15, 0.2) is 30.3 Å². The Morgan fingerprint density at radius 1 is 1.04 bits per heavy atom. The Labute approximate surface area is 143 Å². The minimum Gasteiger partial charge on any atom is -0.451 e. The highest BCUT2D eigenvalue weighted by Gasteiger charge is 2.23. The summed E-state index contributed by atoms with van der Waals surface area (Å²) in [4.78, 5) is 24.4. The van der Waals surface area contributed by atoms with E-state index in [4.69, 9.17) is 16.3 Å². The molecule has 0 aliphatic heterocycles. The fraction of sp³-hybridized carbons (Fsp3) is 0.222. The largest absolute Gasteiger partial charge is 0.451 e. The molecule has 1 atom stereocenters. The lowest BCUT2D eigenvalue weighted by Gasteiger charge is -2.14. The van der Waals surface area contributed by atoms with Crippen LogP contribution < -0.4 is 0 Å². The smallest absolute Gasteiger partial charge is 0.340 e. The lowest BCUT2D eigenvalue weighted by Crippen LogP contribution is -2.24. The number of esters is 1. The van der Waals surface area contributed by atoms with Gasteiger partial charge in [0, 0.05) is 5.56 Å². The van der Waals surface area contributed by atoms with E-state index in [-0.39, 0.29) is 10.6 Å². The molecule has 0 amide bonds. The van der Waals surface area contributed by atoms with Crippen LogP contribution >= 0.6 is 11.6 Å². The lowest BCUT2D eigenvalue weighted by atomic mass is 10.0. The van der Waals surface area contributed by atoms with Gasteiger partial charge in [-0.15, -0.1) is 0 Å². The van der Waals surface area contributed by atoms with Crippen molar-refractivity contribution >= 4 is 23.4 Å². The number of halogens is 3. The van der Waals surface area contributed by atoms with Gasteiger partial charge < -0.3 is 4.74 Å². The number of hydrogen-bond acceptors (Lipinski definition) is 3. The Morgan fingerprint density at radius 3 is 2.29 bits per heavy atom. The van der Waals surface area contributed by atoms with Crippen LogP contribution in [0.25, 0.3) is 0 Å². The van der Waals surface area contributed by atoms with Crippen molar-refractivity contribution < 1.29 is 23.1 Å². The minimum absolute atomic E-state index is 0.287. The van der Waals surface area contributed by atoms with E-state index in [1.807, 2.05) is 13.8 Å². The summed E-state index contributed by atoms with van der Waals surface area (Å²) in [5, 5.41) is -0.287. The fourth-order valence-corrected chi connectivity index (χ4v) is 2.31. The molecule has 0 N–H and O–H groups in total. The highest BCUT2D eigenvalue weighted by atomic mass is 35.5. The SMILES string of the molecule is Cc1ccc(C(=O)[C@@H](C)OC(=O)c2cc(F)c(F)cc2Cl)cc1C. The molecule has 3 nitrogen and oxygen atoms in total. The van der Waals surface area contributed by atoms with Crippen LogP contribution in [0.3, 0.4) is 0 Å². The molecule has 24 heavy (non-hydrogen) atoms. The van der Waals surface area contributed by atoms with Gasteiger partial charge in [0.15, 0.2) is 17.7 Å². The molecule has 6 heteroatoms. The summed E-state index contributed by atoms with van der Waals surface area (Å²) >= 11 is 5.72. The molecule has 0 unspecified atom stereocenters. The predicted octanol–water partition coefficient (Wildman–Crippen LogP) is 4.66. The number of hydrogen-bond donors (Lipinski definition) is 0. The summed E-state index contributed by atoms with van der Waals surface area (Å²) in [6.45, 7) is 5.19. The summed E-state index contributed by atoms with van der Waals surface area (Å²) in [6.07, 6.45) is -1.09. The number of aryl methyl sites for hydroxylation is 2. The van der Waals surface area contributed by atoms with E-state index < -0.39 is 29.5 Å². The Hall–Kier alpha value is -2.27. The van der Waals surface area contributed by atoms with Gasteiger partial charge in [-0.05, 0) is 50.1 Å². The Balaban J connectivity index is 2.18. The predicted molar refractivity (Wildman–Crippen MR) is 86.5 cm³/mol. The molecule has 0 radical (unpaired) electrons. The van der Waals surface area contributed by atoms with Crippen molar-refractivity contribution in [2.45, 2.75) is 26.9 Å². The van der Waals surface area contributed by atoms with Gasteiger partial charge in [0.1, 0.15) is 0 Å². The maximum absolute atomic E-state index is 13.3. The van der Waals surface area contributed by atoms with Gasteiger partial charge in [0.2, 0.25) is 5.78 Å². The summed E-state index contributed by atoms with van der Waals surface area (Å²) in [5.41, 5.74) is 2.03. The lowest BCUT2D eigenvalue weighted by molar-refractivity contribution is 0.0318. The Morgan fingerprint density at radius 2 is 1.67 bits per heavy atom. The number of ketones is 1. The third kappa shape index (κ3) is 3.79. The average Bonchev–Trinajstić information content (AvgIpc) is 2.52. The van der Waals surface area contributed by atoms with Gasteiger partial charge in [0.25, 0.3) is 0 Å². The van der Waals surface area contributed by atoms with E-state index in [1.54, 1.807) is 18.2 Å². The second kappa shape index (κ2) is 7.09. The van der Waals surface area contributed by atoms with Crippen LogP contribution in [0.2, 0.25) is 5.02 Å². The van der Waals surface area contributed by atoms with Gasteiger partial charge in [-0.2, -0.15) is 0 Å². The summed E-state index contributed by atoms with van der Waals surface area (Å²) in [5.74, 6) is -3.79. The van der Waals surface area contributed by atoms with Crippen LogP contribution in [-0.4, -0.2) is 17.9 Å². The molecular formula is C18H15ClF2O3. The van der Waals surface area contributed by atoms with Crippen LogP contribution in [0.4, 0.5) is 8.78 Å². The highest BCUT2D eigenvalue weighted by molar-refractivity contribution is 6.33. The first-order valence-corrected chi connectivity index (χ1v) is 7.55. The van der Waals surface area contributed by atoms with Crippen molar-refractivity contribution in [3.05, 3.63) is 69.2 Å². The van der Waals surface area contributed by atoms with Crippen LogP contribution in [0.1, 0.15) is 38.8 Å². The first-order valence-electron chi connectivity index (χ1n) is 7.17. The monoisotopic (exact) mass is 352 g/mol. The molecule has 0 fully saturated rings. The van der Waals surface area contributed by atoms with Gasteiger partial charge in [-0.25, -0.2) is 13.6 Å². The van der Waals surface area contributed by atoms with Gasteiger partial charge in [-0.3, -0.25) is 4.79 Å². The van der Waals surface area contributed by atoms with E-state index in [9.17, 15) is 18.4 Å². The molecule has 2 rings (SSSR count). The standard InChI is InChI=1S/C18H15ClF2O3/c1-9-4-5-12(6-10(9)2)17(22)11(3)24-18(23)13-7-15(20)16(21)8-14(13)19/h4-8,11H,1-3H3/t11-/m1/s1. The van der Waals surface area contributed by atoms with Crippen LogP contribution in [0.5, 0.6) is 0 Å². The molecule has 0 aliphatic rings. The third-order valence-corrected chi connectivity index (χ3v) is 3.99. The summed E-state index contributed by atoms with van der Waals surface area (Å²) in [7, 11) is 0. The van der Waals surface area contributed by atoms with Crippen molar-refractivity contribution in [3.63, 3.8) is 0 Å². The second-order valence-corrected chi connectivity index (χ2v) is 5.86. The van der Waals surface area contributed by atoms with Crippen molar-refractivity contribution in [2.24, 2.45) is 0 Å². The normalized spacial score (nSPS) is 11.9. The Bertz CT molecular complexity index is 818. The molecule has 0 spiro atoms. The zero-order valence-electron chi connectivity index (χ0n) is 13.3. The fourth-order valence-electron chi connectivity index (χ4n) is 2.09. The molecule has 0 heterocycles. The molecule has 0 bridgehead atoms. The molecular weight excluding hydrogens is 338 g/mol. The molecule has 126 valence electrons. The molecule has 0 aliphatic carbocycles. The zero-order chi connectivity index (χ0) is 18.0. The third-order valence-electron chi connectivity index (χ3n) is 3.67. The van der Waals surface area contributed by atoms with Crippen LogP contribution in [-0.2, 0) is 4.74 Å². The van der Waals surface area contributed by atoms with E-state index in [2.05, 4.69) is 0 Å². The van der Waals surface area contributed by atoms with Crippen LogP contribution in [0, 0.1) is 25.5 Å². The minimum atomic E-state index is -1.22. The van der Waals surface area contributed by atoms with Gasteiger partial charge in [0.05, 0.1) is 10.6 Å². The van der Waals surface area contributed by atoms with E-state index in [1.165, 1.54) is 6.92 Å². The first kappa shape index (κ1) is 18.1. The number of carbonyl (C=O) groups excluding carboxylic acids is 2. The van der Waals surface area contributed by atoms with Gasteiger partial charge in [-0.1, -0.05) is 23.7 Å². The average molecular weight is 353 g/mol. The quantitative estimate of drug-likeness (QED) is 0.456. The molecule has 0 saturated carbocycles. The maximum Gasteiger partial charge on any atom is 0.340 e. The topological polar surface area (TPSA) is 43.4 Å². The number of rotatable bonds is 4. The Kier molecular flexibility index (Phi) is 5.34. The number of Topliss-reactive ketones (excluding diaryl/α,β-unsaturated/α-hetero) is 1. The van der Waals surface area contributed by atoms with Crippen molar-refractivity contribution in [2.75, 3.05) is 0 Å². The number of benzene rings is 2. The first-order chi connectivity index (χ1) is 11.2. The molecule has 0 saturated heterocycles. The van der Waals surface area contributed by atoms with Gasteiger partial charge >= 0.3 is 5.97 Å². The molecule has 2 aromatic rings. The van der Waals surface area contributed by atoms with E-state index in [0.717, 1.165) is 11.1 Å². The summed E-state index contributed by atoms with van der Waals surface area (Å²) in [6, 6.07) is 6.46. The van der Waals surface area contributed by atoms with E-state index in [0.29, 0.717) is 17.7 Å². The van der Waals surface area contributed by atoms with Crippen molar-refractivity contribution in [1.29, 1.82) is 0 Å². The number of ether oxygens (including phenoxy) is 1. The van der Waals surface area contributed by atoms with E-state index >= 15 is 0 Å². The second-order valence-electron chi connectivity index (χ2n) is 5.46. The zero-order valence-corrected chi connectivity index (χ0v) is 14.1. The van der Waals surface area contributed by atoms with Crippen molar-refractivity contribution in [3.8, 4) is 0 Å². The molecule has 0 aromatic heterocycles. The number of carbonyl (C=O) groups is 2. The maximum atomic E-state index is 13.3. The highest BCUT2D eigenvalue weighted by Crippen LogP contribution is 2.22. The molecule has 2 aromatic carbocycles. The van der Waals surface area contributed by atoms with Crippen molar-refractivity contribution in [1.82, 2.24) is 0 Å².